The summed E-state index contributed by atoms with van der Waals surface area (Å²) in [4.78, 5) is 26.0. The molecule has 63 heavy (non-hydrogen) atoms. The Morgan fingerprint density at radius 2 is 1.08 bits per heavy atom. The lowest BCUT2D eigenvalue weighted by atomic mass is 10.1. The van der Waals surface area contributed by atoms with E-state index in [1.807, 2.05) is 0 Å². The number of aryl methyl sites for hydroxylation is 2. The summed E-state index contributed by atoms with van der Waals surface area (Å²) in [6, 6.07) is 12.3. The number of azo groups is 2. The van der Waals surface area contributed by atoms with Gasteiger partial charge in [0.05, 0.1) is 30.3 Å². The van der Waals surface area contributed by atoms with E-state index in [0.717, 1.165) is 0 Å². The molecule has 0 aliphatic heterocycles. The lowest BCUT2D eigenvalue weighted by Crippen LogP contribution is -2.10. The van der Waals surface area contributed by atoms with Gasteiger partial charge in [-0.25, -0.2) is 9.97 Å². The number of aromatic nitrogens is 6. The van der Waals surface area contributed by atoms with Gasteiger partial charge in [-0.15, -0.1) is 5.11 Å². The van der Waals surface area contributed by atoms with E-state index in [9.17, 15) is 48.8 Å². The van der Waals surface area contributed by atoms with Crippen molar-refractivity contribution in [2.24, 2.45) is 20.5 Å². The minimum Gasteiger partial charge on any atom is -0.505 e. The van der Waals surface area contributed by atoms with Gasteiger partial charge in [-0.05, 0) is 48.9 Å². The van der Waals surface area contributed by atoms with Crippen molar-refractivity contribution < 1.29 is 62.1 Å². The smallest absolute Gasteiger partial charge is 0.357 e. The third-order valence-electron chi connectivity index (χ3n) is 7.39. The van der Waals surface area contributed by atoms with E-state index in [0.29, 0.717) is 40.9 Å². The van der Waals surface area contributed by atoms with E-state index in [1.165, 1.54) is 26.2 Å². The van der Waals surface area contributed by atoms with Crippen LogP contribution in [0.4, 0.5) is 34.6 Å². The maximum atomic E-state index is 12.0. The third kappa shape index (κ3) is 14.3. The second kappa shape index (κ2) is 20.1. The van der Waals surface area contributed by atoms with Gasteiger partial charge in [0.2, 0.25) is 11.9 Å². The topological polar surface area (TPSA) is 401 Å². The summed E-state index contributed by atoms with van der Waals surface area (Å²) in [5.74, 6) is 0.357. The Morgan fingerprint density at radius 3 is 1.49 bits per heavy atom. The number of hydrogen-bond donors (Lipinski definition) is 8. The van der Waals surface area contributed by atoms with Gasteiger partial charge in [0.25, 0.3) is 30.4 Å². The number of anilines is 4. The van der Waals surface area contributed by atoms with Gasteiger partial charge in [-0.1, -0.05) is 24.3 Å². The molecule has 0 bridgehead atoms. The van der Waals surface area contributed by atoms with E-state index in [-0.39, 0.29) is 63.3 Å². The van der Waals surface area contributed by atoms with Gasteiger partial charge in [-0.2, -0.15) is 64.7 Å². The van der Waals surface area contributed by atoms with E-state index in [2.05, 4.69) is 61.0 Å². The fraction of sp³-hybridized carbons (Fsp3) is 0.212. The number of benzene rings is 4. The SMILES string of the molecule is CN=Nc1c(OS(=O)O)cc2cccc(Nc3nc(C)nc(Cc4nc(C)nc(Nc5cccc6cc(S(=O)(=O)O)c(N=NC)c(O)c56)n4)n3)c2c1O.CS(=O)(=O)O.CS(=O)(=O)O. The number of hydrogen-bond acceptors (Lipinski definition) is 22. The molecule has 0 aliphatic carbocycles. The summed E-state index contributed by atoms with van der Waals surface area (Å²) in [6.45, 7) is 3.31. The van der Waals surface area contributed by atoms with Crippen LogP contribution in [0.5, 0.6) is 17.2 Å². The van der Waals surface area contributed by atoms with Crippen LogP contribution in [0.1, 0.15) is 23.3 Å². The van der Waals surface area contributed by atoms with Crippen LogP contribution in [0, 0.1) is 13.8 Å². The van der Waals surface area contributed by atoms with Crippen molar-refractivity contribution in [3.8, 4) is 17.2 Å². The lowest BCUT2D eigenvalue weighted by molar-refractivity contribution is 0.452. The lowest BCUT2D eigenvalue weighted by Gasteiger charge is -2.14. The number of fused-ring (bicyclic) bond motifs is 2. The van der Waals surface area contributed by atoms with Crippen LogP contribution >= 0.6 is 0 Å². The molecule has 6 rings (SSSR count). The fourth-order valence-electron chi connectivity index (χ4n) is 5.46. The Kier molecular flexibility index (Phi) is 15.7. The highest BCUT2D eigenvalue weighted by Crippen LogP contribution is 2.47. The molecule has 0 aliphatic rings. The molecule has 0 saturated heterocycles. The molecule has 6 aromatic rings. The molecule has 0 radical (unpaired) electrons. The average Bonchev–Trinajstić information content (AvgIpc) is 3.12. The highest BCUT2D eigenvalue weighted by Gasteiger charge is 2.24. The van der Waals surface area contributed by atoms with Crippen molar-refractivity contribution in [3.05, 3.63) is 71.8 Å². The molecule has 2 aromatic heterocycles. The van der Waals surface area contributed by atoms with Crippen LogP contribution in [0.2, 0.25) is 0 Å². The monoisotopic (exact) mass is 952 g/mol. The number of phenols is 2. The first-order chi connectivity index (χ1) is 29.2. The number of aromatic hydroxyl groups is 2. The van der Waals surface area contributed by atoms with Crippen molar-refractivity contribution in [1.82, 2.24) is 29.9 Å². The second-order valence-electron chi connectivity index (χ2n) is 12.5. The first kappa shape index (κ1) is 49.1. The van der Waals surface area contributed by atoms with Crippen LogP contribution in [-0.2, 0) is 48.1 Å². The molecule has 336 valence electrons. The van der Waals surface area contributed by atoms with Crippen molar-refractivity contribution >= 4 is 97.9 Å². The summed E-state index contributed by atoms with van der Waals surface area (Å²) in [7, 11) is -9.44. The highest BCUT2D eigenvalue weighted by molar-refractivity contribution is 7.86. The Balaban J connectivity index is 0.000000784. The van der Waals surface area contributed by atoms with Gasteiger partial charge < -0.3 is 25.0 Å². The summed E-state index contributed by atoms with van der Waals surface area (Å²) < 4.78 is 111. The number of nitrogens with zero attached hydrogens (tertiary/aromatic N) is 10. The molecule has 1 atom stereocenters. The summed E-state index contributed by atoms with van der Waals surface area (Å²) >= 11 is -2.68. The molecular formula is C33H36N12O14S4. The van der Waals surface area contributed by atoms with Gasteiger partial charge in [0, 0.05) is 24.9 Å². The Bertz CT molecular complexity index is 3090. The molecular weight excluding hydrogens is 917 g/mol. The molecule has 30 heteroatoms. The van der Waals surface area contributed by atoms with Gasteiger partial charge in [0.1, 0.15) is 33.9 Å². The largest absolute Gasteiger partial charge is 0.505 e. The minimum atomic E-state index is -4.76. The number of phenolic OH excluding ortho intramolecular Hbond substituents is 2. The predicted octanol–water partition coefficient (Wildman–Crippen LogP) is 4.67. The van der Waals surface area contributed by atoms with E-state index in [4.69, 9.17) is 13.3 Å². The molecule has 0 saturated carbocycles. The van der Waals surface area contributed by atoms with Crippen LogP contribution in [0.15, 0.2) is 73.9 Å². The Morgan fingerprint density at radius 1 is 0.667 bits per heavy atom. The number of nitrogens with one attached hydrogen (secondary N) is 2. The van der Waals surface area contributed by atoms with Gasteiger partial charge in [0.15, 0.2) is 22.9 Å². The molecule has 26 nitrogen and oxygen atoms in total. The van der Waals surface area contributed by atoms with E-state index in [1.54, 1.807) is 50.2 Å². The van der Waals surface area contributed by atoms with Crippen molar-refractivity contribution in [3.63, 3.8) is 0 Å². The maximum absolute atomic E-state index is 12.0. The molecule has 0 fully saturated rings. The number of rotatable bonds is 11. The average molecular weight is 953 g/mol. The van der Waals surface area contributed by atoms with Crippen LogP contribution < -0.4 is 14.8 Å². The normalized spacial score (nSPS) is 12.4. The van der Waals surface area contributed by atoms with Crippen LogP contribution in [-0.4, -0.2) is 114 Å². The summed E-state index contributed by atoms with van der Waals surface area (Å²) in [5, 5.41) is 44.4. The molecule has 8 N–H and O–H groups in total. The summed E-state index contributed by atoms with van der Waals surface area (Å²) in [5.41, 5.74) is 0.0579. The molecule has 0 spiro atoms. The predicted molar refractivity (Wildman–Crippen MR) is 227 cm³/mol. The Hall–Kier alpha value is -6.54. The first-order valence-electron chi connectivity index (χ1n) is 17.0. The van der Waals surface area contributed by atoms with Crippen molar-refractivity contribution in [1.29, 1.82) is 0 Å². The zero-order chi connectivity index (χ0) is 47.0. The third-order valence-corrected chi connectivity index (χ3v) is 8.58. The zero-order valence-corrected chi connectivity index (χ0v) is 36.6. The second-order valence-corrected chi connectivity index (χ2v) is 17.4. The fourth-order valence-corrected chi connectivity index (χ4v) is 6.40. The highest BCUT2D eigenvalue weighted by atomic mass is 32.2. The molecule has 0 amide bonds. The van der Waals surface area contributed by atoms with Crippen molar-refractivity contribution in [2.75, 3.05) is 37.2 Å². The quantitative estimate of drug-likeness (QED) is 0.0497. The van der Waals surface area contributed by atoms with E-state index < -0.39 is 58.0 Å². The van der Waals surface area contributed by atoms with Gasteiger partial charge >= 0.3 is 11.4 Å². The molecule has 2 heterocycles. The van der Waals surface area contributed by atoms with Crippen LogP contribution in [0.25, 0.3) is 21.5 Å². The zero-order valence-electron chi connectivity index (χ0n) is 33.4. The minimum absolute atomic E-state index is 0.0242. The first-order valence-corrected chi connectivity index (χ1v) is 23.2. The van der Waals surface area contributed by atoms with Crippen molar-refractivity contribution in [2.45, 2.75) is 25.2 Å². The standard InChI is InChI=1S/C31H28N12O8S2.2CH4O3S/c1-14-34-22(40-30(36-14)38-18-9-5-7-16-11-20(51-52(46)47)26(42-32-3)28(44)24(16)18)13-23-35-15(2)37-31(41-23)39-19-10-6-8-17-12-21(53(48,49)50)27(43-33-4)29(45)25(17)19;2*1-5(2,3)4/h5-12,44-45H,13H2,1-4H3,(H,46,47)(H,48,49,50)(H,34,36,38,40)(H,35,37,39,41);2*1H3,(H,2,3,4). The molecule has 1 unspecified atom stereocenters. The van der Waals surface area contributed by atoms with Gasteiger partial charge in [-0.3, -0.25) is 18.2 Å². The van der Waals surface area contributed by atoms with E-state index >= 15 is 0 Å². The summed E-state index contributed by atoms with van der Waals surface area (Å²) in [6.07, 6.45) is 1.45. The van der Waals surface area contributed by atoms with Crippen LogP contribution in [0.3, 0.4) is 0 Å². The Labute approximate surface area is 360 Å². The maximum Gasteiger partial charge on any atom is 0.357 e. The molecule has 4 aromatic carbocycles.